The van der Waals surface area contributed by atoms with Gasteiger partial charge in [0.05, 0.1) is 6.61 Å². The molecule has 1 aliphatic heterocycles. The zero-order valence-electron chi connectivity index (χ0n) is 15.5. The Kier molecular flexibility index (Phi) is 8.04. The van der Waals surface area contributed by atoms with Gasteiger partial charge in [0.15, 0.2) is 5.96 Å². The van der Waals surface area contributed by atoms with Gasteiger partial charge in [0, 0.05) is 37.6 Å². The summed E-state index contributed by atoms with van der Waals surface area (Å²) in [6, 6.07) is 4.62. The van der Waals surface area contributed by atoms with Crippen molar-refractivity contribution in [1.82, 2.24) is 15.5 Å². The second kappa shape index (κ2) is 10.3. The molecule has 7 heteroatoms. The summed E-state index contributed by atoms with van der Waals surface area (Å²) in [5.74, 6) is 1.38. The van der Waals surface area contributed by atoms with E-state index >= 15 is 0 Å². The number of piperidine rings is 1. The van der Waals surface area contributed by atoms with E-state index in [1.807, 2.05) is 18.3 Å². The fourth-order valence-electron chi connectivity index (χ4n) is 2.92. The summed E-state index contributed by atoms with van der Waals surface area (Å²) in [6.45, 7) is 6.85. The lowest BCUT2D eigenvalue weighted by atomic mass is 10.1. The third-order valence-electron chi connectivity index (χ3n) is 4.33. The molecule has 140 valence electrons. The van der Waals surface area contributed by atoms with Crippen LogP contribution in [0, 0.1) is 5.92 Å². The summed E-state index contributed by atoms with van der Waals surface area (Å²) in [7, 11) is 1.80. The van der Waals surface area contributed by atoms with Crippen molar-refractivity contribution in [3.05, 3.63) is 22.4 Å². The minimum Gasteiger partial charge on any atom is -0.450 e. The first-order valence-corrected chi connectivity index (χ1v) is 9.91. The number of nitrogens with one attached hydrogen (secondary N) is 2. The van der Waals surface area contributed by atoms with Crippen LogP contribution in [-0.2, 0) is 11.2 Å². The van der Waals surface area contributed by atoms with Crippen molar-refractivity contribution in [2.24, 2.45) is 10.9 Å². The van der Waals surface area contributed by atoms with Crippen molar-refractivity contribution in [3.8, 4) is 0 Å². The van der Waals surface area contributed by atoms with E-state index in [9.17, 15) is 4.79 Å². The van der Waals surface area contributed by atoms with Crippen molar-refractivity contribution in [1.29, 1.82) is 0 Å². The average molecular weight is 367 g/mol. The standard InChI is InChI=1S/C18H30N4O2S/c1-4-24-18(23)22-9-7-15(8-10-22)21-17(19-3)20-13-14(2)12-16-6-5-11-25-16/h5-6,11,14-15H,4,7-10,12-13H2,1-3H3,(H2,19,20,21). The number of nitrogens with zero attached hydrogens (tertiary/aromatic N) is 2. The number of hydrogen-bond acceptors (Lipinski definition) is 4. The summed E-state index contributed by atoms with van der Waals surface area (Å²) in [6.07, 6.45) is 2.69. The van der Waals surface area contributed by atoms with E-state index in [1.54, 1.807) is 11.9 Å². The Labute approximate surface area is 154 Å². The molecule has 0 aliphatic carbocycles. The number of aliphatic imine (C=N–C) groups is 1. The summed E-state index contributed by atoms with van der Waals surface area (Å²) < 4.78 is 5.06. The summed E-state index contributed by atoms with van der Waals surface area (Å²) in [4.78, 5) is 19.3. The van der Waals surface area contributed by atoms with E-state index in [4.69, 9.17) is 4.74 Å². The van der Waals surface area contributed by atoms with E-state index in [1.165, 1.54) is 4.88 Å². The first kappa shape index (κ1) is 19.6. The minimum atomic E-state index is -0.203. The van der Waals surface area contributed by atoms with Crippen molar-refractivity contribution in [2.45, 2.75) is 39.2 Å². The normalized spacial score (nSPS) is 17.2. The molecule has 2 heterocycles. The second-order valence-corrected chi connectivity index (χ2v) is 7.48. The Hall–Kier alpha value is -1.76. The molecule has 0 bridgehead atoms. The van der Waals surface area contributed by atoms with Gasteiger partial charge in [-0.05, 0) is 43.6 Å². The highest BCUT2D eigenvalue weighted by atomic mass is 32.1. The molecule has 25 heavy (non-hydrogen) atoms. The van der Waals surface area contributed by atoms with Crippen LogP contribution in [0.25, 0.3) is 0 Å². The highest BCUT2D eigenvalue weighted by molar-refractivity contribution is 7.09. The van der Waals surface area contributed by atoms with Gasteiger partial charge >= 0.3 is 6.09 Å². The summed E-state index contributed by atoms with van der Waals surface area (Å²) in [5, 5.41) is 9.02. The number of rotatable bonds is 6. The molecule has 0 radical (unpaired) electrons. The first-order chi connectivity index (χ1) is 12.1. The molecule has 1 aromatic rings. The molecule has 2 N–H and O–H groups in total. The van der Waals surface area contributed by atoms with Gasteiger partial charge in [-0.15, -0.1) is 11.3 Å². The molecular weight excluding hydrogens is 336 g/mol. The third-order valence-corrected chi connectivity index (χ3v) is 5.23. The van der Waals surface area contributed by atoms with Crippen LogP contribution in [-0.4, -0.2) is 56.3 Å². The van der Waals surface area contributed by atoms with Gasteiger partial charge in [-0.25, -0.2) is 4.79 Å². The fourth-order valence-corrected chi connectivity index (χ4v) is 3.79. The molecule has 1 saturated heterocycles. The maximum Gasteiger partial charge on any atom is 0.409 e. The Morgan fingerprint density at radius 3 is 2.84 bits per heavy atom. The van der Waals surface area contributed by atoms with Crippen LogP contribution in [0.1, 0.15) is 31.6 Å². The van der Waals surface area contributed by atoms with Crippen LogP contribution in [0.4, 0.5) is 4.79 Å². The molecule has 6 nitrogen and oxygen atoms in total. The molecule has 0 spiro atoms. The van der Waals surface area contributed by atoms with Gasteiger partial charge in [0.25, 0.3) is 0 Å². The number of likely N-dealkylation sites (tertiary alicyclic amines) is 1. The second-order valence-electron chi connectivity index (χ2n) is 6.45. The molecule has 1 atom stereocenters. The number of guanidine groups is 1. The maximum absolute atomic E-state index is 11.7. The van der Waals surface area contributed by atoms with Gasteiger partial charge in [-0.1, -0.05) is 13.0 Å². The number of ether oxygens (including phenoxy) is 1. The van der Waals surface area contributed by atoms with Crippen LogP contribution in [0.5, 0.6) is 0 Å². The van der Waals surface area contributed by atoms with Crippen molar-refractivity contribution in [2.75, 3.05) is 33.3 Å². The summed E-state index contributed by atoms with van der Waals surface area (Å²) in [5.41, 5.74) is 0. The Morgan fingerprint density at radius 1 is 1.48 bits per heavy atom. The zero-order chi connectivity index (χ0) is 18.1. The molecule has 1 unspecified atom stereocenters. The maximum atomic E-state index is 11.7. The Balaban J connectivity index is 1.69. The molecule has 1 amide bonds. The zero-order valence-corrected chi connectivity index (χ0v) is 16.3. The fraction of sp³-hybridized carbons (Fsp3) is 0.667. The minimum absolute atomic E-state index is 0.203. The summed E-state index contributed by atoms with van der Waals surface area (Å²) >= 11 is 1.81. The number of thiophene rings is 1. The lowest BCUT2D eigenvalue weighted by Crippen LogP contribution is -2.50. The molecule has 1 aliphatic rings. The van der Waals surface area contributed by atoms with Gasteiger partial charge in [-0.2, -0.15) is 0 Å². The average Bonchev–Trinajstić information content (AvgIpc) is 3.12. The van der Waals surface area contributed by atoms with E-state index in [2.05, 4.69) is 40.1 Å². The van der Waals surface area contributed by atoms with E-state index in [0.29, 0.717) is 18.6 Å². The lowest BCUT2D eigenvalue weighted by Gasteiger charge is -2.32. The monoisotopic (exact) mass is 366 g/mol. The van der Waals surface area contributed by atoms with E-state index in [-0.39, 0.29) is 6.09 Å². The number of carbonyl (C=O) groups is 1. The third kappa shape index (κ3) is 6.57. The van der Waals surface area contributed by atoms with Crippen LogP contribution in [0.15, 0.2) is 22.5 Å². The van der Waals surface area contributed by atoms with Gasteiger partial charge < -0.3 is 20.3 Å². The quantitative estimate of drug-likeness (QED) is 0.600. The van der Waals surface area contributed by atoms with Gasteiger partial charge in [0.2, 0.25) is 0 Å². The molecule has 0 saturated carbocycles. The number of hydrogen-bond donors (Lipinski definition) is 2. The van der Waals surface area contributed by atoms with Crippen molar-refractivity contribution < 1.29 is 9.53 Å². The predicted molar refractivity (Wildman–Crippen MR) is 103 cm³/mol. The van der Waals surface area contributed by atoms with E-state index < -0.39 is 0 Å². The van der Waals surface area contributed by atoms with Crippen LogP contribution >= 0.6 is 11.3 Å². The number of amides is 1. The van der Waals surface area contributed by atoms with Crippen molar-refractivity contribution >= 4 is 23.4 Å². The predicted octanol–water partition coefficient (Wildman–Crippen LogP) is 2.71. The molecule has 0 aromatic carbocycles. The molecule has 2 rings (SSSR count). The first-order valence-electron chi connectivity index (χ1n) is 9.03. The Bertz CT molecular complexity index is 539. The topological polar surface area (TPSA) is 66.0 Å². The molecule has 1 fully saturated rings. The number of carbonyl (C=O) groups excluding carboxylic acids is 1. The van der Waals surface area contributed by atoms with Gasteiger partial charge in [-0.3, -0.25) is 4.99 Å². The SMILES string of the molecule is CCOC(=O)N1CCC(NC(=NC)NCC(C)Cc2cccs2)CC1. The van der Waals surface area contributed by atoms with Crippen molar-refractivity contribution in [3.63, 3.8) is 0 Å². The smallest absolute Gasteiger partial charge is 0.409 e. The van der Waals surface area contributed by atoms with Crippen LogP contribution in [0.2, 0.25) is 0 Å². The molecular formula is C18H30N4O2S. The van der Waals surface area contributed by atoms with E-state index in [0.717, 1.165) is 44.9 Å². The highest BCUT2D eigenvalue weighted by Gasteiger charge is 2.24. The highest BCUT2D eigenvalue weighted by Crippen LogP contribution is 2.14. The van der Waals surface area contributed by atoms with Gasteiger partial charge in [0.1, 0.15) is 0 Å². The Morgan fingerprint density at radius 2 is 2.24 bits per heavy atom. The largest absolute Gasteiger partial charge is 0.450 e. The molecule has 1 aromatic heterocycles. The lowest BCUT2D eigenvalue weighted by molar-refractivity contribution is 0.0963. The van der Waals surface area contributed by atoms with Crippen LogP contribution < -0.4 is 10.6 Å². The van der Waals surface area contributed by atoms with Crippen LogP contribution in [0.3, 0.4) is 0 Å².